The first-order valence-electron chi connectivity index (χ1n) is 4.96. The molecule has 2 aromatic carbocycles. The largest absolute Gasteiger partial charge is 0.398 e. The summed E-state index contributed by atoms with van der Waals surface area (Å²) in [6.45, 7) is 0. The molecule has 4 N–H and O–H groups in total. The minimum absolute atomic E-state index is 0.676. The molecule has 16 heavy (non-hydrogen) atoms. The average Bonchev–Trinajstić information content (AvgIpc) is 2.29. The van der Waals surface area contributed by atoms with Crippen molar-refractivity contribution in [1.29, 1.82) is 0 Å². The predicted molar refractivity (Wildman–Crippen MR) is 65.9 cm³/mol. The van der Waals surface area contributed by atoms with E-state index in [1.165, 1.54) is 0 Å². The molecule has 0 saturated heterocycles. The lowest BCUT2D eigenvalue weighted by atomic mass is 10.1. The lowest BCUT2D eigenvalue weighted by Crippen LogP contribution is -1.95. The van der Waals surface area contributed by atoms with Crippen LogP contribution >= 0.6 is 0 Å². The number of fused-ring (bicyclic) bond motifs is 3. The molecule has 3 aromatic rings. The summed E-state index contributed by atoms with van der Waals surface area (Å²) < 4.78 is 0. The van der Waals surface area contributed by atoms with Gasteiger partial charge in [0.2, 0.25) is 0 Å². The molecule has 3 rings (SSSR count). The quantitative estimate of drug-likeness (QED) is 0.439. The Balaban J connectivity index is 2.67. The van der Waals surface area contributed by atoms with Gasteiger partial charge in [0.05, 0.1) is 11.0 Å². The molecular weight excluding hydrogens is 200 g/mol. The van der Waals surface area contributed by atoms with Crippen molar-refractivity contribution in [3.05, 3.63) is 36.4 Å². The van der Waals surface area contributed by atoms with Gasteiger partial charge in [-0.05, 0) is 24.3 Å². The number of nitrogens with zero attached hydrogens (tertiary/aromatic N) is 2. The number of rotatable bonds is 0. The normalized spacial score (nSPS) is 11.0. The van der Waals surface area contributed by atoms with E-state index in [4.69, 9.17) is 11.5 Å². The average molecular weight is 210 g/mol. The first-order valence-corrected chi connectivity index (χ1v) is 4.96. The van der Waals surface area contributed by atoms with Crippen LogP contribution in [-0.4, -0.2) is 10.2 Å². The van der Waals surface area contributed by atoms with Crippen molar-refractivity contribution < 1.29 is 0 Å². The van der Waals surface area contributed by atoms with E-state index in [1.807, 2.05) is 36.4 Å². The summed E-state index contributed by atoms with van der Waals surface area (Å²) in [6, 6.07) is 11.2. The van der Waals surface area contributed by atoms with E-state index in [2.05, 4.69) is 10.2 Å². The molecule has 0 radical (unpaired) electrons. The fraction of sp³-hybridized carbons (Fsp3) is 0. The number of anilines is 2. The molecule has 0 aliphatic carbocycles. The maximum Gasteiger partial charge on any atom is 0.0957 e. The summed E-state index contributed by atoms with van der Waals surface area (Å²) in [5.74, 6) is 0. The summed E-state index contributed by atoms with van der Waals surface area (Å²) in [6.07, 6.45) is 0. The second-order valence-electron chi connectivity index (χ2n) is 3.68. The summed E-state index contributed by atoms with van der Waals surface area (Å²) >= 11 is 0. The summed E-state index contributed by atoms with van der Waals surface area (Å²) in [5.41, 5.74) is 14.8. The molecule has 0 fully saturated rings. The van der Waals surface area contributed by atoms with Gasteiger partial charge in [0.15, 0.2) is 0 Å². The Morgan fingerprint density at radius 3 is 1.56 bits per heavy atom. The van der Waals surface area contributed by atoms with Crippen LogP contribution in [0, 0.1) is 0 Å². The monoisotopic (exact) mass is 210 g/mol. The Morgan fingerprint density at radius 2 is 1.12 bits per heavy atom. The molecule has 0 aliphatic rings. The second-order valence-corrected chi connectivity index (χ2v) is 3.68. The number of hydrogen-bond acceptors (Lipinski definition) is 4. The number of aromatic nitrogens is 2. The molecule has 1 heterocycles. The molecule has 4 nitrogen and oxygen atoms in total. The summed E-state index contributed by atoms with van der Waals surface area (Å²) in [7, 11) is 0. The van der Waals surface area contributed by atoms with Gasteiger partial charge in [-0.1, -0.05) is 12.1 Å². The van der Waals surface area contributed by atoms with Crippen LogP contribution < -0.4 is 11.5 Å². The van der Waals surface area contributed by atoms with Crippen molar-refractivity contribution in [2.45, 2.75) is 0 Å². The van der Waals surface area contributed by atoms with Crippen LogP contribution in [-0.2, 0) is 0 Å². The smallest absolute Gasteiger partial charge is 0.0957 e. The first-order chi connectivity index (χ1) is 7.77. The van der Waals surface area contributed by atoms with E-state index < -0.39 is 0 Å². The molecule has 1 aromatic heterocycles. The highest BCUT2D eigenvalue weighted by molar-refractivity contribution is 6.14. The molecule has 4 heteroatoms. The SMILES string of the molecule is Nc1cccc2nnc3cccc(N)c3c12. The first kappa shape index (κ1) is 8.91. The standard InChI is InChI=1S/C12H10N4/c13-7-3-1-5-9-11(7)12-8(14)4-2-6-10(12)16-15-9/h1-6H,13-14H2. The third kappa shape index (κ3) is 1.10. The van der Waals surface area contributed by atoms with Crippen LogP contribution in [0.4, 0.5) is 11.4 Å². The highest BCUT2D eigenvalue weighted by Crippen LogP contribution is 2.30. The minimum Gasteiger partial charge on any atom is -0.398 e. The Bertz CT molecular complexity index is 630. The Labute approximate surface area is 91.9 Å². The number of benzene rings is 2. The van der Waals surface area contributed by atoms with Crippen LogP contribution in [0.2, 0.25) is 0 Å². The minimum atomic E-state index is 0.676. The van der Waals surface area contributed by atoms with Gasteiger partial charge in [-0.15, -0.1) is 10.2 Å². The van der Waals surface area contributed by atoms with Crippen LogP contribution in [0.3, 0.4) is 0 Å². The molecule has 0 atom stereocenters. The van der Waals surface area contributed by atoms with E-state index in [1.54, 1.807) is 0 Å². The Morgan fingerprint density at radius 1 is 0.688 bits per heavy atom. The van der Waals surface area contributed by atoms with E-state index in [0.29, 0.717) is 11.4 Å². The fourth-order valence-electron chi connectivity index (χ4n) is 1.93. The van der Waals surface area contributed by atoms with Crippen molar-refractivity contribution >= 4 is 33.2 Å². The lowest BCUT2D eigenvalue weighted by molar-refractivity contribution is 1.12. The van der Waals surface area contributed by atoms with Gasteiger partial charge in [0.25, 0.3) is 0 Å². The Hall–Kier alpha value is -2.36. The lowest BCUT2D eigenvalue weighted by Gasteiger charge is -2.06. The van der Waals surface area contributed by atoms with Crippen molar-refractivity contribution in [3.63, 3.8) is 0 Å². The molecule has 0 saturated carbocycles. The maximum atomic E-state index is 5.97. The molecule has 0 aliphatic heterocycles. The third-order valence-electron chi connectivity index (χ3n) is 2.66. The zero-order valence-electron chi connectivity index (χ0n) is 8.51. The van der Waals surface area contributed by atoms with Gasteiger partial charge in [0.1, 0.15) is 0 Å². The second kappa shape index (κ2) is 3.06. The summed E-state index contributed by atoms with van der Waals surface area (Å²) in [5, 5.41) is 10.0. The van der Waals surface area contributed by atoms with Crippen molar-refractivity contribution in [2.24, 2.45) is 0 Å². The van der Waals surface area contributed by atoms with Gasteiger partial charge < -0.3 is 11.5 Å². The fourth-order valence-corrected chi connectivity index (χ4v) is 1.93. The zero-order chi connectivity index (χ0) is 11.1. The maximum absolute atomic E-state index is 5.97. The molecular formula is C12H10N4. The molecule has 0 spiro atoms. The van der Waals surface area contributed by atoms with Crippen LogP contribution in [0.15, 0.2) is 36.4 Å². The molecule has 0 unspecified atom stereocenters. The van der Waals surface area contributed by atoms with Gasteiger partial charge in [0, 0.05) is 22.1 Å². The van der Waals surface area contributed by atoms with Gasteiger partial charge in [-0.25, -0.2) is 0 Å². The Kier molecular flexibility index (Phi) is 1.71. The molecule has 0 bridgehead atoms. The molecule has 0 amide bonds. The molecule has 78 valence electrons. The highest BCUT2D eigenvalue weighted by Gasteiger charge is 2.08. The van der Waals surface area contributed by atoms with Gasteiger partial charge >= 0.3 is 0 Å². The van der Waals surface area contributed by atoms with E-state index in [9.17, 15) is 0 Å². The van der Waals surface area contributed by atoms with Crippen LogP contribution in [0.25, 0.3) is 21.8 Å². The summed E-state index contributed by atoms with van der Waals surface area (Å²) in [4.78, 5) is 0. The van der Waals surface area contributed by atoms with E-state index in [-0.39, 0.29) is 0 Å². The van der Waals surface area contributed by atoms with Crippen LogP contribution in [0.1, 0.15) is 0 Å². The number of nitrogens with two attached hydrogens (primary N) is 2. The van der Waals surface area contributed by atoms with Crippen molar-refractivity contribution in [2.75, 3.05) is 11.5 Å². The van der Waals surface area contributed by atoms with E-state index in [0.717, 1.165) is 21.8 Å². The number of hydrogen-bond donors (Lipinski definition) is 2. The topological polar surface area (TPSA) is 77.8 Å². The highest BCUT2D eigenvalue weighted by atomic mass is 15.1. The van der Waals surface area contributed by atoms with Gasteiger partial charge in [-0.2, -0.15) is 0 Å². The van der Waals surface area contributed by atoms with Crippen molar-refractivity contribution in [3.8, 4) is 0 Å². The van der Waals surface area contributed by atoms with Crippen molar-refractivity contribution in [1.82, 2.24) is 10.2 Å². The zero-order valence-corrected chi connectivity index (χ0v) is 8.51. The van der Waals surface area contributed by atoms with Crippen LogP contribution in [0.5, 0.6) is 0 Å². The number of nitrogen functional groups attached to an aromatic ring is 2. The third-order valence-corrected chi connectivity index (χ3v) is 2.66. The predicted octanol–water partition coefficient (Wildman–Crippen LogP) is 1.95. The van der Waals surface area contributed by atoms with Gasteiger partial charge in [-0.3, -0.25) is 0 Å². The van der Waals surface area contributed by atoms with E-state index >= 15 is 0 Å².